The first kappa shape index (κ1) is 11.4. The van der Waals surface area contributed by atoms with Crippen LogP contribution in [0.5, 0.6) is 0 Å². The van der Waals surface area contributed by atoms with E-state index in [2.05, 4.69) is 52.1 Å². The van der Waals surface area contributed by atoms with E-state index in [0.29, 0.717) is 0 Å². The smallest absolute Gasteiger partial charge is 0.115 e. The number of hydrogen-bond donors (Lipinski definition) is 0. The van der Waals surface area contributed by atoms with Crippen molar-refractivity contribution in [1.82, 2.24) is 14.9 Å². The maximum absolute atomic E-state index is 4.42. The topological polar surface area (TPSA) is 29.0 Å². The molecule has 0 atom stereocenters. The van der Waals surface area contributed by atoms with Gasteiger partial charge in [-0.1, -0.05) is 30.3 Å². The van der Waals surface area contributed by atoms with Crippen LogP contribution in [0, 0.1) is 6.92 Å². The first-order valence-electron chi connectivity index (χ1n) is 6.38. The molecule has 92 valence electrons. The van der Waals surface area contributed by atoms with Crippen LogP contribution in [0.1, 0.15) is 22.5 Å². The predicted octanol–water partition coefficient (Wildman–Crippen LogP) is 2.34. The van der Waals surface area contributed by atoms with E-state index in [9.17, 15) is 0 Å². The highest BCUT2D eigenvalue weighted by molar-refractivity contribution is 5.26. The lowest BCUT2D eigenvalue weighted by Crippen LogP contribution is -2.31. The minimum Gasteiger partial charge on any atom is -0.293 e. The average Bonchev–Trinajstić information content (AvgIpc) is 2.40. The molecule has 0 spiro atoms. The van der Waals surface area contributed by atoms with Crippen LogP contribution in [0.4, 0.5) is 0 Å². The summed E-state index contributed by atoms with van der Waals surface area (Å²) in [5.41, 5.74) is 5.05. The standard InChI is InChI=1S/C15H17N3/c1-12-14-7-8-18(10-15(14)17-11-16-12)9-13-5-3-2-4-6-13/h2-6,11H,7-10H2,1H3. The predicted molar refractivity (Wildman–Crippen MR) is 71.0 cm³/mol. The molecule has 1 aliphatic heterocycles. The summed E-state index contributed by atoms with van der Waals surface area (Å²) in [6.45, 7) is 5.11. The summed E-state index contributed by atoms with van der Waals surface area (Å²) in [6.07, 6.45) is 2.75. The van der Waals surface area contributed by atoms with Crippen molar-refractivity contribution in [2.45, 2.75) is 26.4 Å². The van der Waals surface area contributed by atoms with Gasteiger partial charge in [0.2, 0.25) is 0 Å². The van der Waals surface area contributed by atoms with Crippen molar-refractivity contribution in [2.24, 2.45) is 0 Å². The van der Waals surface area contributed by atoms with Crippen LogP contribution in [-0.4, -0.2) is 21.4 Å². The quantitative estimate of drug-likeness (QED) is 0.805. The van der Waals surface area contributed by atoms with Crippen molar-refractivity contribution >= 4 is 0 Å². The third-order valence-corrected chi connectivity index (χ3v) is 3.55. The molecule has 2 aromatic rings. The van der Waals surface area contributed by atoms with Crippen molar-refractivity contribution < 1.29 is 0 Å². The minimum absolute atomic E-state index is 0.938. The van der Waals surface area contributed by atoms with Crippen LogP contribution in [-0.2, 0) is 19.5 Å². The van der Waals surface area contributed by atoms with E-state index in [1.54, 1.807) is 6.33 Å². The van der Waals surface area contributed by atoms with Crippen molar-refractivity contribution in [3.05, 3.63) is 59.2 Å². The van der Waals surface area contributed by atoms with Gasteiger partial charge in [0.05, 0.1) is 5.69 Å². The Kier molecular flexibility index (Phi) is 3.07. The number of fused-ring (bicyclic) bond motifs is 1. The molecule has 0 saturated carbocycles. The Balaban J connectivity index is 1.76. The van der Waals surface area contributed by atoms with Gasteiger partial charge in [0.15, 0.2) is 0 Å². The van der Waals surface area contributed by atoms with Gasteiger partial charge in [0.25, 0.3) is 0 Å². The monoisotopic (exact) mass is 239 g/mol. The lowest BCUT2D eigenvalue weighted by atomic mass is 10.0. The van der Waals surface area contributed by atoms with Gasteiger partial charge in [-0.15, -0.1) is 0 Å². The van der Waals surface area contributed by atoms with E-state index in [0.717, 1.165) is 31.7 Å². The summed E-state index contributed by atoms with van der Waals surface area (Å²) in [4.78, 5) is 11.1. The maximum Gasteiger partial charge on any atom is 0.115 e. The number of aromatic nitrogens is 2. The summed E-state index contributed by atoms with van der Waals surface area (Å²) in [5.74, 6) is 0. The maximum atomic E-state index is 4.42. The molecule has 18 heavy (non-hydrogen) atoms. The number of rotatable bonds is 2. The fourth-order valence-electron chi connectivity index (χ4n) is 2.55. The highest BCUT2D eigenvalue weighted by Crippen LogP contribution is 2.20. The molecule has 0 bridgehead atoms. The Labute approximate surface area is 108 Å². The lowest BCUT2D eigenvalue weighted by molar-refractivity contribution is 0.240. The van der Waals surface area contributed by atoms with Crippen LogP contribution < -0.4 is 0 Å². The van der Waals surface area contributed by atoms with Crippen LogP contribution in [0.25, 0.3) is 0 Å². The average molecular weight is 239 g/mol. The van der Waals surface area contributed by atoms with Crippen molar-refractivity contribution in [2.75, 3.05) is 6.54 Å². The highest BCUT2D eigenvalue weighted by Gasteiger charge is 2.19. The molecule has 0 N–H and O–H groups in total. The lowest BCUT2D eigenvalue weighted by Gasteiger charge is -2.28. The number of nitrogens with zero attached hydrogens (tertiary/aromatic N) is 3. The van der Waals surface area contributed by atoms with E-state index in [1.165, 1.54) is 16.8 Å². The Morgan fingerprint density at radius 3 is 2.83 bits per heavy atom. The second kappa shape index (κ2) is 4.86. The SMILES string of the molecule is Cc1ncnc2c1CCN(Cc1ccccc1)C2. The fraction of sp³-hybridized carbons (Fsp3) is 0.333. The minimum atomic E-state index is 0.938. The Hall–Kier alpha value is -1.74. The fourth-order valence-corrected chi connectivity index (χ4v) is 2.55. The van der Waals surface area contributed by atoms with Crippen molar-refractivity contribution in [3.8, 4) is 0 Å². The van der Waals surface area contributed by atoms with Crippen LogP contribution in [0.2, 0.25) is 0 Å². The van der Waals surface area contributed by atoms with Crippen molar-refractivity contribution in [3.63, 3.8) is 0 Å². The zero-order chi connectivity index (χ0) is 12.4. The highest BCUT2D eigenvalue weighted by atomic mass is 15.1. The van der Waals surface area contributed by atoms with Crippen molar-refractivity contribution in [1.29, 1.82) is 0 Å². The molecular weight excluding hydrogens is 222 g/mol. The molecule has 0 saturated heterocycles. The second-order valence-electron chi connectivity index (χ2n) is 4.83. The van der Waals surface area contributed by atoms with Gasteiger partial charge in [0.1, 0.15) is 6.33 Å². The molecular formula is C15H17N3. The molecule has 1 aromatic heterocycles. The van der Waals surface area contributed by atoms with Crippen LogP contribution in [0.3, 0.4) is 0 Å². The number of aryl methyl sites for hydroxylation is 1. The van der Waals surface area contributed by atoms with Gasteiger partial charge in [-0.05, 0) is 24.5 Å². The van der Waals surface area contributed by atoms with Gasteiger partial charge >= 0.3 is 0 Å². The van der Waals surface area contributed by atoms with E-state index in [4.69, 9.17) is 0 Å². The van der Waals surface area contributed by atoms with E-state index < -0.39 is 0 Å². The molecule has 2 heterocycles. The summed E-state index contributed by atoms with van der Waals surface area (Å²) < 4.78 is 0. The first-order chi connectivity index (χ1) is 8.83. The zero-order valence-corrected chi connectivity index (χ0v) is 10.6. The number of hydrogen-bond acceptors (Lipinski definition) is 3. The van der Waals surface area contributed by atoms with Gasteiger partial charge in [0, 0.05) is 25.3 Å². The summed E-state index contributed by atoms with van der Waals surface area (Å²) in [6, 6.07) is 10.6. The first-order valence-corrected chi connectivity index (χ1v) is 6.38. The molecule has 3 nitrogen and oxygen atoms in total. The Morgan fingerprint density at radius 2 is 2.00 bits per heavy atom. The Morgan fingerprint density at radius 1 is 1.17 bits per heavy atom. The molecule has 3 heteroatoms. The normalized spacial score (nSPS) is 15.4. The molecule has 0 unspecified atom stereocenters. The third kappa shape index (κ3) is 2.27. The molecule has 1 aliphatic rings. The van der Waals surface area contributed by atoms with Gasteiger partial charge in [-0.3, -0.25) is 4.90 Å². The molecule has 0 aliphatic carbocycles. The van der Waals surface area contributed by atoms with Gasteiger partial charge in [-0.2, -0.15) is 0 Å². The Bertz CT molecular complexity index is 537. The van der Waals surface area contributed by atoms with Crippen LogP contribution >= 0.6 is 0 Å². The van der Waals surface area contributed by atoms with Gasteiger partial charge in [-0.25, -0.2) is 9.97 Å². The molecule has 0 radical (unpaired) electrons. The van der Waals surface area contributed by atoms with Gasteiger partial charge < -0.3 is 0 Å². The summed E-state index contributed by atoms with van der Waals surface area (Å²) in [5, 5.41) is 0. The summed E-state index contributed by atoms with van der Waals surface area (Å²) in [7, 11) is 0. The molecule has 0 fully saturated rings. The number of benzene rings is 1. The van der Waals surface area contributed by atoms with Crippen LogP contribution in [0.15, 0.2) is 36.7 Å². The molecule has 0 amide bonds. The van der Waals surface area contributed by atoms with E-state index in [-0.39, 0.29) is 0 Å². The zero-order valence-electron chi connectivity index (χ0n) is 10.6. The van der Waals surface area contributed by atoms with E-state index >= 15 is 0 Å². The molecule has 1 aromatic carbocycles. The third-order valence-electron chi connectivity index (χ3n) is 3.55. The second-order valence-corrected chi connectivity index (χ2v) is 4.83. The summed E-state index contributed by atoms with van der Waals surface area (Å²) >= 11 is 0. The van der Waals surface area contributed by atoms with E-state index in [1.807, 2.05) is 0 Å². The molecule has 3 rings (SSSR count). The largest absolute Gasteiger partial charge is 0.293 e.